The molecule has 1 fully saturated rings. The zero-order valence-electron chi connectivity index (χ0n) is 10.4. The molecule has 0 unspecified atom stereocenters. The van der Waals surface area contributed by atoms with Crippen LogP contribution in [0.4, 0.5) is 4.39 Å². The van der Waals surface area contributed by atoms with Crippen molar-refractivity contribution in [2.24, 2.45) is 5.92 Å². The molecule has 1 aliphatic carbocycles. The summed E-state index contributed by atoms with van der Waals surface area (Å²) >= 11 is 3.09. The topological polar surface area (TPSA) is 57.6 Å². The van der Waals surface area contributed by atoms with Crippen molar-refractivity contribution in [3.63, 3.8) is 0 Å². The number of halogens is 2. The Labute approximate surface area is 120 Å². The predicted molar refractivity (Wildman–Crippen MR) is 72.6 cm³/mol. The number of rotatable bonds is 4. The van der Waals surface area contributed by atoms with Gasteiger partial charge in [-0.1, -0.05) is 15.9 Å². The van der Waals surface area contributed by atoms with E-state index in [0.717, 1.165) is 10.4 Å². The van der Waals surface area contributed by atoms with E-state index in [0.29, 0.717) is 23.9 Å². The summed E-state index contributed by atoms with van der Waals surface area (Å²) in [6, 6.07) is 3.88. The summed E-state index contributed by atoms with van der Waals surface area (Å²) in [7, 11) is -2.39. The van der Waals surface area contributed by atoms with Crippen LogP contribution in [-0.2, 0) is 10.0 Å². The van der Waals surface area contributed by atoms with Crippen molar-refractivity contribution in [3.05, 3.63) is 28.5 Å². The van der Waals surface area contributed by atoms with Gasteiger partial charge in [0.1, 0.15) is 10.7 Å². The van der Waals surface area contributed by atoms with Gasteiger partial charge < -0.3 is 5.11 Å². The van der Waals surface area contributed by atoms with Gasteiger partial charge in [-0.3, -0.25) is 0 Å². The normalized spacial score (nSPS) is 23.4. The Kier molecular flexibility index (Phi) is 4.29. The molecular weight excluding hydrogens is 337 g/mol. The smallest absolute Gasteiger partial charge is 0.245 e. The lowest BCUT2D eigenvalue weighted by molar-refractivity contribution is 0.0367. The minimum absolute atomic E-state index is 0.147. The Morgan fingerprint density at radius 1 is 1.47 bits per heavy atom. The van der Waals surface area contributed by atoms with Gasteiger partial charge in [0.25, 0.3) is 0 Å². The number of hydrogen-bond donors (Lipinski definition) is 1. The molecule has 0 amide bonds. The molecule has 19 heavy (non-hydrogen) atoms. The summed E-state index contributed by atoms with van der Waals surface area (Å²) in [5, 5.41) is 9.19. The number of sulfonamides is 1. The molecule has 0 aromatic heterocycles. The van der Waals surface area contributed by atoms with Crippen LogP contribution < -0.4 is 0 Å². The SMILES string of the molecule is CN(CC1CC(O)C1)S(=O)(=O)c1ccc(Br)cc1F. The molecule has 0 saturated heterocycles. The van der Waals surface area contributed by atoms with E-state index in [1.54, 1.807) is 0 Å². The molecule has 106 valence electrons. The minimum Gasteiger partial charge on any atom is -0.393 e. The second-order valence-electron chi connectivity index (χ2n) is 4.85. The first-order valence-corrected chi connectivity index (χ1v) is 8.13. The fourth-order valence-corrected chi connectivity index (χ4v) is 3.78. The summed E-state index contributed by atoms with van der Waals surface area (Å²) in [6.07, 6.45) is 0.872. The second-order valence-corrected chi connectivity index (χ2v) is 7.78. The molecule has 4 nitrogen and oxygen atoms in total. The first-order chi connectivity index (χ1) is 8.80. The van der Waals surface area contributed by atoms with Crippen LogP contribution in [0, 0.1) is 11.7 Å². The summed E-state index contributed by atoms with van der Waals surface area (Å²) in [5.41, 5.74) is 0. The van der Waals surface area contributed by atoms with E-state index in [4.69, 9.17) is 0 Å². The van der Waals surface area contributed by atoms with Gasteiger partial charge in [0.05, 0.1) is 6.10 Å². The number of aliphatic hydroxyl groups excluding tert-OH is 1. The van der Waals surface area contributed by atoms with Crippen molar-refractivity contribution in [2.75, 3.05) is 13.6 Å². The zero-order chi connectivity index (χ0) is 14.2. The van der Waals surface area contributed by atoms with Gasteiger partial charge in [0.2, 0.25) is 10.0 Å². The first kappa shape index (κ1) is 14.9. The lowest BCUT2D eigenvalue weighted by atomic mass is 9.82. The van der Waals surface area contributed by atoms with E-state index < -0.39 is 15.8 Å². The highest BCUT2D eigenvalue weighted by Gasteiger charge is 2.32. The van der Waals surface area contributed by atoms with E-state index in [1.165, 1.54) is 19.2 Å². The highest BCUT2D eigenvalue weighted by molar-refractivity contribution is 9.10. The van der Waals surface area contributed by atoms with Crippen LogP contribution >= 0.6 is 15.9 Å². The molecule has 0 bridgehead atoms. The number of nitrogens with zero attached hydrogens (tertiary/aromatic N) is 1. The molecule has 0 radical (unpaired) electrons. The summed E-state index contributed by atoms with van der Waals surface area (Å²) in [6.45, 7) is 0.300. The molecule has 1 saturated carbocycles. The highest BCUT2D eigenvalue weighted by atomic mass is 79.9. The molecule has 0 heterocycles. The van der Waals surface area contributed by atoms with Crippen LogP contribution in [0.15, 0.2) is 27.6 Å². The van der Waals surface area contributed by atoms with Crippen LogP contribution in [0.3, 0.4) is 0 Å². The molecule has 2 rings (SSSR count). The molecule has 1 aliphatic rings. The van der Waals surface area contributed by atoms with Crippen molar-refractivity contribution < 1.29 is 17.9 Å². The third-order valence-corrected chi connectivity index (χ3v) is 5.66. The zero-order valence-corrected chi connectivity index (χ0v) is 12.8. The number of benzene rings is 1. The Morgan fingerprint density at radius 2 is 2.11 bits per heavy atom. The molecule has 1 aromatic carbocycles. The molecular formula is C12H15BrFNO3S. The minimum atomic E-state index is -3.82. The van der Waals surface area contributed by atoms with Gasteiger partial charge in [0.15, 0.2) is 0 Å². The van der Waals surface area contributed by atoms with E-state index in [-0.39, 0.29) is 16.9 Å². The van der Waals surface area contributed by atoms with Crippen molar-refractivity contribution in [2.45, 2.75) is 23.8 Å². The molecule has 0 spiro atoms. The lowest BCUT2D eigenvalue weighted by Crippen LogP contribution is -2.39. The lowest BCUT2D eigenvalue weighted by Gasteiger charge is -2.34. The van der Waals surface area contributed by atoms with Gasteiger partial charge in [-0.2, -0.15) is 0 Å². The Balaban J connectivity index is 2.16. The average Bonchev–Trinajstić information content (AvgIpc) is 2.26. The maximum atomic E-state index is 13.7. The maximum absolute atomic E-state index is 13.7. The summed E-state index contributed by atoms with van der Waals surface area (Å²) in [4.78, 5) is -0.321. The quantitative estimate of drug-likeness (QED) is 0.902. The van der Waals surface area contributed by atoms with Gasteiger partial charge in [0, 0.05) is 18.1 Å². The van der Waals surface area contributed by atoms with Gasteiger partial charge in [-0.25, -0.2) is 17.1 Å². The molecule has 1 N–H and O–H groups in total. The third-order valence-electron chi connectivity index (χ3n) is 3.31. The Hall–Kier alpha value is -0.500. The fraction of sp³-hybridized carbons (Fsp3) is 0.500. The second kappa shape index (κ2) is 5.47. The largest absolute Gasteiger partial charge is 0.393 e. The predicted octanol–water partition coefficient (Wildman–Crippen LogP) is 1.98. The summed E-state index contributed by atoms with van der Waals surface area (Å²) in [5.74, 6) is -0.622. The van der Waals surface area contributed by atoms with Crippen molar-refractivity contribution in [1.29, 1.82) is 0 Å². The molecule has 1 aromatic rings. The first-order valence-electron chi connectivity index (χ1n) is 5.90. The van der Waals surface area contributed by atoms with Crippen LogP contribution in [0.1, 0.15) is 12.8 Å². The van der Waals surface area contributed by atoms with Crippen LogP contribution in [0.5, 0.6) is 0 Å². The fourth-order valence-electron chi connectivity index (χ4n) is 2.16. The maximum Gasteiger partial charge on any atom is 0.245 e. The number of hydrogen-bond acceptors (Lipinski definition) is 3. The summed E-state index contributed by atoms with van der Waals surface area (Å²) < 4.78 is 39.8. The third kappa shape index (κ3) is 3.16. The van der Waals surface area contributed by atoms with E-state index >= 15 is 0 Å². The van der Waals surface area contributed by atoms with Crippen LogP contribution in [0.2, 0.25) is 0 Å². The molecule has 0 atom stereocenters. The van der Waals surface area contributed by atoms with E-state index in [2.05, 4.69) is 15.9 Å². The standard InChI is InChI=1S/C12H15BrFNO3S/c1-15(7-8-4-10(16)5-8)19(17,18)12-3-2-9(13)6-11(12)14/h2-3,6,8,10,16H,4-5,7H2,1H3. The van der Waals surface area contributed by atoms with Crippen molar-refractivity contribution in [1.82, 2.24) is 4.31 Å². The molecule has 0 aliphatic heterocycles. The average molecular weight is 352 g/mol. The highest BCUT2D eigenvalue weighted by Crippen LogP contribution is 2.30. The van der Waals surface area contributed by atoms with Crippen LogP contribution in [0.25, 0.3) is 0 Å². The van der Waals surface area contributed by atoms with Gasteiger partial charge in [-0.15, -0.1) is 0 Å². The van der Waals surface area contributed by atoms with Gasteiger partial charge >= 0.3 is 0 Å². The monoisotopic (exact) mass is 351 g/mol. The van der Waals surface area contributed by atoms with E-state index in [1.807, 2.05) is 0 Å². The Morgan fingerprint density at radius 3 is 2.63 bits per heavy atom. The van der Waals surface area contributed by atoms with E-state index in [9.17, 15) is 17.9 Å². The molecule has 7 heteroatoms. The number of aliphatic hydroxyl groups is 1. The van der Waals surface area contributed by atoms with Crippen molar-refractivity contribution >= 4 is 26.0 Å². The van der Waals surface area contributed by atoms with Gasteiger partial charge in [-0.05, 0) is 37.0 Å². The van der Waals surface area contributed by atoms with Crippen LogP contribution in [-0.4, -0.2) is 37.5 Å². The van der Waals surface area contributed by atoms with Crippen molar-refractivity contribution in [3.8, 4) is 0 Å². The Bertz CT molecular complexity index is 572.